The van der Waals surface area contributed by atoms with E-state index in [0.717, 1.165) is 12.1 Å². The van der Waals surface area contributed by atoms with Crippen LogP contribution >= 0.6 is 0 Å². The number of piperazine rings is 1. The van der Waals surface area contributed by atoms with Crippen LogP contribution in [0, 0.1) is 0 Å². The summed E-state index contributed by atoms with van der Waals surface area (Å²) in [5, 5.41) is 5.75. The number of nitrogens with zero attached hydrogens (tertiary/aromatic N) is 1. The molecule has 1 aliphatic heterocycles. The van der Waals surface area contributed by atoms with Gasteiger partial charge in [-0.1, -0.05) is 54.6 Å². The number of rotatable bonds is 6. The average Bonchev–Trinajstić information content (AvgIpc) is 2.65. The van der Waals surface area contributed by atoms with Gasteiger partial charge in [-0.2, -0.15) is 0 Å². The molecule has 0 spiro atoms. The molecule has 0 radical (unpaired) electrons. The summed E-state index contributed by atoms with van der Waals surface area (Å²) in [5.41, 5.74) is 3.49. The Balaban J connectivity index is 1.68. The van der Waals surface area contributed by atoms with Crippen LogP contribution in [0.25, 0.3) is 11.1 Å². The quantitative estimate of drug-likeness (QED) is 0.827. The summed E-state index contributed by atoms with van der Waals surface area (Å²) < 4.78 is 0. The summed E-state index contributed by atoms with van der Waals surface area (Å²) in [6, 6.07) is 18.3. The van der Waals surface area contributed by atoms with Crippen molar-refractivity contribution in [2.75, 3.05) is 13.1 Å². The van der Waals surface area contributed by atoms with Gasteiger partial charge in [-0.25, -0.2) is 0 Å². The van der Waals surface area contributed by atoms with Gasteiger partial charge in [0.15, 0.2) is 0 Å². The summed E-state index contributed by atoms with van der Waals surface area (Å²) in [6.45, 7) is 5.85. The van der Waals surface area contributed by atoms with Crippen molar-refractivity contribution in [2.24, 2.45) is 0 Å². The van der Waals surface area contributed by atoms with E-state index in [2.05, 4.69) is 51.9 Å². The van der Waals surface area contributed by atoms with Crippen LogP contribution in [0.15, 0.2) is 54.6 Å². The van der Waals surface area contributed by atoms with Gasteiger partial charge < -0.3 is 10.6 Å². The van der Waals surface area contributed by atoms with Gasteiger partial charge in [0.05, 0.1) is 12.5 Å². The molecule has 2 aromatic rings. The van der Waals surface area contributed by atoms with Crippen LogP contribution in [0.2, 0.25) is 0 Å². The summed E-state index contributed by atoms with van der Waals surface area (Å²) in [4.78, 5) is 26.6. The molecule has 1 saturated heterocycles. The Morgan fingerprint density at radius 3 is 2.44 bits per heavy atom. The number of nitrogens with one attached hydrogen (secondary N) is 2. The Bertz CT molecular complexity index is 772. The van der Waals surface area contributed by atoms with Crippen LogP contribution in [0.3, 0.4) is 0 Å². The highest BCUT2D eigenvalue weighted by molar-refractivity contribution is 5.88. The van der Waals surface area contributed by atoms with Crippen molar-refractivity contribution in [2.45, 2.75) is 38.9 Å². The molecule has 0 saturated carbocycles. The number of amides is 2. The molecule has 1 heterocycles. The summed E-state index contributed by atoms with van der Waals surface area (Å²) in [5.74, 6) is -0.155. The van der Waals surface area contributed by atoms with Crippen LogP contribution in [0.1, 0.15) is 25.8 Å². The van der Waals surface area contributed by atoms with Gasteiger partial charge in [0.1, 0.15) is 0 Å². The monoisotopic (exact) mass is 365 g/mol. The molecule has 0 aliphatic carbocycles. The van der Waals surface area contributed by atoms with Gasteiger partial charge in [-0.05, 0) is 30.5 Å². The molecule has 5 nitrogen and oxygen atoms in total. The summed E-state index contributed by atoms with van der Waals surface area (Å²) >= 11 is 0. The highest BCUT2D eigenvalue weighted by Crippen LogP contribution is 2.21. The fraction of sp³-hybridized carbons (Fsp3) is 0.364. The predicted molar refractivity (Wildman–Crippen MR) is 107 cm³/mol. The van der Waals surface area contributed by atoms with E-state index in [1.807, 2.05) is 32.0 Å². The molecule has 0 bridgehead atoms. The molecule has 5 heteroatoms. The number of hydrogen-bond donors (Lipinski definition) is 2. The van der Waals surface area contributed by atoms with E-state index < -0.39 is 6.04 Å². The van der Waals surface area contributed by atoms with E-state index in [4.69, 9.17) is 0 Å². The smallest absolute Gasteiger partial charge is 0.237 e. The maximum atomic E-state index is 12.3. The van der Waals surface area contributed by atoms with Gasteiger partial charge in [-0.15, -0.1) is 0 Å². The molecule has 2 aromatic carbocycles. The van der Waals surface area contributed by atoms with Crippen LogP contribution in [0.5, 0.6) is 0 Å². The summed E-state index contributed by atoms with van der Waals surface area (Å²) in [7, 11) is 0. The van der Waals surface area contributed by atoms with Crippen molar-refractivity contribution in [3.63, 3.8) is 0 Å². The van der Waals surface area contributed by atoms with Crippen LogP contribution in [-0.4, -0.2) is 41.9 Å². The second-order valence-electron chi connectivity index (χ2n) is 7.27. The number of hydrogen-bond acceptors (Lipinski definition) is 3. The zero-order chi connectivity index (χ0) is 19.2. The van der Waals surface area contributed by atoms with Crippen molar-refractivity contribution in [3.8, 4) is 11.1 Å². The van der Waals surface area contributed by atoms with Crippen molar-refractivity contribution >= 4 is 11.8 Å². The molecule has 0 aromatic heterocycles. The van der Waals surface area contributed by atoms with Crippen molar-refractivity contribution in [3.05, 3.63) is 60.2 Å². The molecule has 3 rings (SSSR count). The molecule has 142 valence electrons. The Morgan fingerprint density at radius 1 is 1.11 bits per heavy atom. The Kier molecular flexibility index (Phi) is 6.24. The van der Waals surface area contributed by atoms with Crippen LogP contribution in [-0.2, 0) is 16.1 Å². The van der Waals surface area contributed by atoms with Gasteiger partial charge in [-0.3, -0.25) is 14.5 Å². The first kappa shape index (κ1) is 19.1. The van der Waals surface area contributed by atoms with E-state index >= 15 is 0 Å². The van der Waals surface area contributed by atoms with Crippen molar-refractivity contribution in [1.29, 1.82) is 0 Å². The second kappa shape index (κ2) is 8.82. The molecular weight excluding hydrogens is 338 g/mol. The van der Waals surface area contributed by atoms with E-state index in [1.165, 1.54) is 11.1 Å². The van der Waals surface area contributed by atoms with Crippen molar-refractivity contribution in [1.82, 2.24) is 15.5 Å². The third kappa shape index (κ3) is 5.17. The second-order valence-corrected chi connectivity index (χ2v) is 7.27. The fourth-order valence-electron chi connectivity index (χ4n) is 3.40. The van der Waals surface area contributed by atoms with E-state index in [0.29, 0.717) is 13.1 Å². The van der Waals surface area contributed by atoms with E-state index in [9.17, 15) is 9.59 Å². The molecule has 27 heavy (non-hydrogen) atoms. The maximum Gasteiger partial charge on any atom is 0.237 e. The largest absolute Gasteiger partial charge is 0.354 e. The van der Waals surface area contributed by atoms with Crippen molar-refractivity contribution < 1.29 is 9.59 Å². The molecule has 1 fully saturated rings. The first-order valence-corrected chi connectivity index (χ1v) is 9.48. The molecule has 2 amide bonds. The maximum absolute atomic E-state index is 12.3. The number of benzene rings is 2. The van der Waals surface area contributed by atoms with E-state index in [1.54, 1.807) is 0 Å². The van der Waals surface area contributed by atoms with Gasteiger partial charge in [0.25, 0.3) is 0 Å². The Hall–Kier alpha value is -2.66. The average molecular weight is 365 g/mol. The predicted octanol–water partition coefficient (Wildman–Crippen LogP) is 2.57. The number of carbonyl (C=O) groups excluding carboxylic acids is 2. The lowest BCUT2D eigenvalue weighted by Gasteiger charge is -2.34. The van der Waals surface area contributed by atoms with Gasteiger partial charge in [0.2, 0.25) is 11.8 Å². The molecule has 1 aliphatic rings. The Labute approximate surface area is 160 Å². The topological polar surface area (TPSA) is 61.4 Å². The van der Waals surface area contributed by atoms with Gasteiger partial charge >= 0.3 is 0 Å². The lowest BCUT2D eigenvalue weighted by molar-refractivity contribution is -0.134. The highest BCUT2D eigenvalue weighted by atomic mass is 16.2. The Morgan fingerprint density at radius 2 is 1.78 bits per heavy atom. The molecular formula is C22H27N3O2. The minimum absolute atomic E-state index is 0.0685. The molecule has 2 N–H and O–H groups in total. The first-order valence-electron chi connectivity index (χ1n) is 9.48. The van der Waals surface area contributed by atoms with Crippen LogP contribution in [0.4, 0.5) is 0 Å². The number of carbonyl (C=O) groups is 2. The lowest BCUT2D eigenvalue weighted by atomic mass is 10.0. The lowest BCUT2D eigenvalue weighted by Crippen LogP contribution is -2.56. The summed E-state index contributed by atoms with van der Waals surface area (Å²) in [6.07, 6.45) is 0.187. The normalized spacial score (nSPS) is 17.6. The SMILES string of the molecule is CC(C)NC(=O)C[C@@H]1C(=O)NCCN1Cc1ccc(-c2ccccc2)cc1. The third-order valence-corrected chi connectivity index (χ3v) is 4.72. The minimum atomic E-state index is -0.425. The third-order valence-electron chi connectivity index (χ3n) is 4.72. The fourth-order valence-corrected chi connectivity index (χ4v) is 3.40. The highest BCUT2D eigenvalue weighted by Gasteiger charge is 2.31. The molecule has 1 atom stereocenters. The minimum Gasteiger partial charge on any atom is -0.354 e. The van der Waals surface area contributed by atoms with Gasteiger partial charge in [0, 0.05) is 25.7 Å². The first-order chi connectivity index (χ1) is 13.0. The zero-order valence-electron chi connectivity index (χ0n) is 15.9. The molecule has 0 unspecified atom stereocenters. The van der Waals surface area contributed by atoms with Crippen LogP contribution < -0.4 is 10.6 Å². The zero-order valence-corrected chi connectivity index (χ0v) is 15.9. The van der Waals surface area contributed by atoms with E-state index in [-0.39, 0.29) is 24.3 Å². The standard InChI is InChI=1S/C22H27N3O2/c1-16(2)24-21(26)14-20-22(27)23-12-13-25(20)15-17-8-10-19(11-9-17)18-6-4-3-5-7-18/h3-11,16,20H,12-15H2,1-2H3,(H,23,27)(H,24,26)/t20-/m1/s1.